The maximum absolute atomic E-state index is 13.3. The van der Waals surface area contributed by atoms with Gasteiger partial charge in [-0.2, -0.15) is 0 Å². The largest absolute Gasteiger partial charge is 0.449 e. The van der Waals surface area contributed by atoms with Gasteiger partial charge in [0.1, 0.15) is 5.00 Å². The topological polar surface area (TPSA) is 88.6 Å². The Bertz CT molecular complexity index is 917. The predicted octanol–water partition coefficient (Wildman–Crippen LogP) is 4.69. The molecule has 1 saturated carbocycles. The van der Waals surface area contributed by atoms with E-state index in [1.54, 1.807) is 18.0 Å². The average molecular weight is 450 g/mol. The lowest BCUT2D eigenvalue weighted by atomic mass is 9.94. The fourth-order valence-electron chi connectivity index (χ4n) is 3.69. The molecule has 2 aromatic rings. The van der Waals surface area contributed by atoms with Crippen molar-refractivity contribution in [3.63, 3.8) is 0 Å². The highest BCUT2D eigenvalue weighted by molar-refractivity contribution is 7.16. The van der Waals surface area contributed by atoms with E-state index in [9.17, 15) is 14.4 Å². The van der Waals surface area contributed by atoms with Crippen LogP contribution in [0.2, 0.25) is 0 Å². The van der Waals surface area contributed by atoms with Crippen molar-refractivity contribution in [3.8, 4) is 0 Å². The summed E-state index contributed by atoms with van der Waals surface area (Å²) in [5.74, 6) is -1.14. The molecule has 0 radical (unpaired) electrons. The second kappa shape index (κ2) is 9.70. The van der Waals surface area contributed by atoms with Gasteiger partial charge < -0.3 is 10.1 Å². The second-order valence-corrected chi connectivity index (χ2v) is 9.63. The first-order valence-corrected chi connectivity index (χ1v) is 11.8. The molecule has 2 heterocycles. The molecule has 1 aliphatic carbocycles. The molecule has 7 nitrogen and oxygen atoms in total. The Hall–Kier alpha value is -2.26. The Morgan fingerprint density at radius 1 is 1.23 bits per heavy atom. The number of nitrogens with one attached hydrogen (secondary N) is 1. The van der Waals surface area contributed by atoms with E-state index >= 15 is 0 Å². The molecule has 3 rings (SSSR count). The Labute approximate surface area is 184 Å². The first-order chi connectivity index (χ1) is 14.3. The van der Waals surface area contributed by atoms with Crippen molar-refractivity contribution in [2.75, 3.05) is 10.2 Å². The van der Waals surface area contributed by atoms with Crippen LogP contribution in [0, 0.1) is 13.8 Å². The number of thiophene rings is 1. The third-order valence-electron chi connectivity index (χ3n) is 5.31. The van der Waals surface area contributed by atoms with Crippen LogP contribution < -0.4 is 10.2 Å². The van der Waals surface area contributed by atoms with Crippen LogP contribution in [-0.2, 0) is 14.3 Å². The summed E-state index contributed by atoms with van der Waals surface area (Å²) in [5.41, 5.74) is 1.06. The normalized spacial score (nSPS) is 15.5. The lowest BCUT2D eigenvalue weighted by Crippen LogP contribution is -2.47. The Morgan fingerprint density at radius 3 is 2.53 bits per heavy atom. The summed E-state index contributed by atoms with van der Waals surface area (Å²) >= 11 is 2.73. The first-order valence-electron chi connectivity index (χ1n) is 10.1. The number of anilines is 2. The van der Waals surface area contributed by atoms with Crippen molar-refractivity contribution in [1.82, 2.24) is 4.98 Å². The number of hydrogen-bond acceptors (Lipinski definition) is 7. The molecule has 0 aromatic carbocycles. The minimum atomic E-state index is -0.965. The van der Waals surface area contributed by atoms with E-state index in [1.165, 1.54) is 36.0 Å². The summed E-state index contributed by atoms with van der Waals surface area (Å²) in [7, 11) is 0. The van der Waals surface area contributed by atoms with E-state index in [4.69, 9.17) is 4.74 Å². The zero-order chi connectivity index (χ0) is 21.8. The van der Waals surface area contributed by atoms with Crippen molar-refractivity contribution in [1.29, 1.82) is 0 Å². The van der Waals surface area contributed by atoms with Gasteiger partial charge in [0.25, 0.3) is 5.91 Å². The highest BCUT2D eigenvalue weighted by atomic mass is 32.1. The monoisotopic (exact) mass is 449 g/mol. The third-order valence-corrected chi connectivity index (χ3v) is 7.21. The number of thiazole rings is 1. The van der Waals surface area contributed by atoms with E-state index in [0.717, 1.165) is 36.1 Å². The number of aromatic nitrogens is 1. The molecule has 9 heteroatoms. The lowest BCUT2D eigenvalue weighted by Gasteiger charge is -2.33. The zero-order valence-electron chi connectivity index (χ0n) is 17.7. The number of carbonyl (C=O) groups excluding carboxylic acids is 3. The van der Waals surface area contributed by atoms with Gasteiger partial charge in [-0.05, 0) is 39.2 Å². The van der Waals surface area contributed by atoms with Crippen molar-refractivity contribution in [2.24, 2.45) is 0 Å². The van der Waals surface area contributed by atoms with Crippen LogP contribution in [0.4, 0.5) is 10.1 Å². The van der Waals surface area contributed by atoms with Gasteiger partial charge in [-0.1, -0.05) is 19.3 Å². The Morgan fingerprint density at radius 2 is 1.93 bits per heavy atom. The molecule has 30 heavy (non-hydrogen) atoms. The molecular formula is C21H27N3O4S2. The molecule has 162 valence electrons. The highest BCUT2D eigenvalue weighted by Gasteiger charge is 2.34. The van der Waals surface area contributed by atoms with Gasteiger partial charge >= 0.3 is 5.97 Å². The van der Waals surface area contributed by atoms with E-state index in [0.29, 0.717) is 15.7 Å². The molecule has 0 bridgehead atoms. The number of ether oxygens (including phenoxy) is 1. The molecule has 1 atom stereocenters. The van der Waals surface area contributed by atoms with Crippen LogP contribution in [0.15, 0.2) is 11.6 Å². The summed E-state index contributed by atoms with van der Waals surface area (Å²) in [6.07, 6.45) is 5.86. The SMILES string of the molecule is CC(=O)Nc1sc(C)c(C)c1C(=O)OC(C)C(=O)N(c1nccs1)C1CCCCC1. The molecule has 0 saturated heterocycles. The van der Waals surface area contributed by atoms with Crippen LogP contribution >= 0.6 is 22.7 Å². The average Bonchev–Trinajstić information content (AvgIpc) is 3.31. The van der Waals surface area contributed by atoms with Crippen LogP contribution in [0.25, 0.3) is 0 Å². The quantitative estimate of drug-likeness (QED) is 0.646. The van der Waals surface area contributed by atoms with Gasteiger partial charge in [-0.15, -0.1) is 22.7 Å². The minimum Gasteiger partial charge on any atom is -0.449 e. The number of hydrogen-bond donors (Lipinski definition) is 1. The molecular weight excluding hydrogens is 422 g/mol. The summed E-state index contributed by atoms with van der Waals surface area (Å²) < 4.78 is 5.59. The summed E-state index contributed by atoms with van der Waals surface area (Å²) in [6, 6.07) is 0.0682. The summed E-state index contributed by atoms with van der Waals surface area (Å²) in [4.78, 5) is 44.7. The second-order valence-electron chi connectivity index (χ2n) is 7.53. The van der Waals surface area contributed by atoms with Crippen LogP contribution in [-0.4, -0.2) is 34.9 Å². The summed E-state index contributed by atoms with van der Waals surface area (Å²) in [5, 5.41) is 5.62. The van der Waals surface area contributed by atoms with Gasteiger partial charge in [0, 0.05) is 29.4 Å². The van der Waals surface area contributed by atoms with Crippen molar-refractivity contribution < 1.29 is 19.1 Å². The van der Waals surface area contributed by atoms with Crippen molar-refractivity contribution >= 4 is 50.6 Å². The van der Waals surface area contributed by atoms with Gasteiger partial charge in [0.2, 0.25) is 5.91 Å². The first kappa shape index (κ1) is 22.4. The molecule has 1 fully saturated rings. The van der Waals surface area contributed by atoms with Gasteiger partial charge in [-0.25, -0.2) is 9.78 Å². The molecule has 0 aliphatic heterocycles. The predicted molar refractivity (Wildman–Crippen MR) is 119 cm³/mol. The standard InChI is InChI=1S/C21H27N3O4S2/c1-12-14(3)30-18(23-15(4)25)17(12)20(27)28-13(2)19(26)24(21-22-10-11-29-21)16-8-6-5-7-9-16/h10-11,13,16H,5-9H2,1-4H3,(H,23,25). The van der Waals surface area contributed by atoms with E-state index in [-0.39, 0.29) is 17.9 Å². The molecule has 1 aliphatic rings. The van der Waals surface area contributed by atoms with E-state index in [1.807, 2.05) is 19.2 Å². The molecule has 2 aromatic heterocycles. The molecule has 0 spiro atoms. The van der Waals surface area contributed by atoms with Crippen LogP contribution in [0.1, 0.15) is 66.8 Å². The van der Waals surface area contributed by atoms with Gasteiger partial charge in [-0.3, -0.25) is 14.5 Å². The Kier molecular flexibility index (Phi) is 7.25. The van der Waals surface area contributed by atoms with E-state index < -0.39 is 12.1 Å². The number of aryl methyl sites for hydroxylation is 1. The highest BCUT2D eigenvalue weighted by Crippen LogP contribution is 2.34. The number of amides is 2. The fourth-order valence-corrected chi connectivity index (χ4v) is 5.50. The maximum atomic E-state index is 13.3. The fraction of sp³-hybridized carbons (Fsp3) is 0.524. The number of nitrogens with zero attached hydrogens (tertiary/aromatic N) is 2. The van der Waals surface area contributed by atoms with Crippen molar-refractivity contribution in [2.45, 2.75) is 71.9 Å². The summed E-state index contributed by atoms with van der Waals surface area (Å²) in [6.45, 7) is 6.67. The zero-order valence-corrected chi connectivity index (χ0v) is 19.3. The van der Waals surface area contributed by atoms with Gasteiger partial charge in [0.15, 0.2) is 11.2 Å². The smallest absolute Gasteiger partial charge is 0.342 e. The lowest BCUT2D eigenvalue weighted by molar-refractivity contribution is -0.127. The van der Waals surface area contributed by atoms with Crippen LogP contribution in [0.3, 0.4) is 0 Å². The van der Waals surface area contributed by atoms with Crippen LogP contribution in [0.5, 0.6) is 0 Å². The molecule has 1 unspecified atom stereocenters. The van der Waals surface area contributed by atoms with Crippen molar-refractivity contribution in [3.05, 3.63) is 27.6 Å². The number of esters is 1. The minimum absolute atomic E-state index is 0.0682. The molecule has 2 amide bonds. The van der Waals surface area contributed by atoms with E-state index in [2.05, 4.69) is 10.3 Å². The third kappa shape index (κ3) is 4.89. The Balaban J connectivity index is 1.80. The number of carbonyl (C=O) groups is 3. The molecule has 1 N–H and O–H groups in total. The maximum Gasteiger partial charge on any atom is 0.342 e. The van der Waals surface area contributed by atoms with Gasteiger partial charge in [0.05, 0.1) is 5.56 Å². The number of rotatable bonds is 6.